The molecule has 2 rings (SSSR count). The van der Waals surface area contributed by atoms with Crippen LogP contribution in [0.4, 0.5) is 0 Å². The van der Waals surface area contributed by atoms with Crippen molar-refractivity contribution in [2.24, 2.45) is 5.73 Å². The smallest absolute Gasteiger partial charge is 0.305 e. The van der Waals surface area contributed by atoms with Gasteiger partial charge in [-0.1, -0.05) is 0 Å². The van der Waals surface area contributed by atoms with Crippen LogP contribution >= 0.6 is 0 Å². The normalized spacial score (nSPS) is 18.6. The molecule has 0 amide bonds. The molecule has 1 heterocycles. The molecule has 0 bridgehead atoms. The summed E-state index contributed by atoms with van der Waals surface area (Å²) < 4.78 is 11.2. The molecule has 0 radical (unpaired) electrons. The largest absolute Gasteiger partial charge is 0.494 e. The molecule has 1 aliphatic rings. The molecule has 19 heavy (non-hydrogen) atoms. The van der Waals surface area contributed by atoms with E-state index < -0.39 is 12.0 Å². The quantitative estimate of drug-likeness (QED) is 0.849. The van der Waals surface area contributed by atoms with Gasteiger partial charge >= 0.3 is 5.97 Å². The fourth-order valence-corrected chi connectivity index (χ4v) is 2.32. The molecule has 3 N–H and O–H groups in total. The molecule has 1 aromatic rings. The van der Waals surface area contributed by atoms with Crippen molar-refractivity contribution in [2.75, 3.05) is 6.61 Å². The fraction of sp³-hybridized carbons (Fsp3) is 0.500. The maximum absolute atomic E-state index is 10.8. The zero-order valence-corrected chi connectivity index (χ0v) is 11.2. The van der Waals surface area contributed by atoms with Crippen LogP contribution in [0.5, 0.6) is 11.5 Å². The number of nitrogens with two attached hydrogens (primary N) is 1. The lowest BCUT2D eigenvalue weighted by Crippen LogP contribution is -2.16. The number of hydrogen-bond donors (Lipinski definition) is 2. The number of carbonyl (C=O) groups is 1. The molecular weight excluding hydrogens is 246 g/mol. The lowest BCUT2D eigenvalue weighted by Gasteiger charge is -2.16. The van der Waals surface area contributed by atoms with E-state index in [1.165, 1.54) is 0 Å². The fourth-order valence-electron chi connectivity index (χ4n) is 2.32. The summed E-state index contributed by atoms with van der Waals surface area (Å²) in [6, 6.07) is 3.14. The third-order valence-corrected chi connectivity index (χ3v) is 3.12. The summed E-state index contributed by atoms with van der Waals surface area (Å²) in [4.78, 5) is 10.8. The van der Waals surface area contributed by atoms with Gasteiger partial charge in [-0.3, -0.25) is 4.79 Å². The predicted octanol–water partition coefficient (Wildman–Crippen LogP) is 1.88. The average molecular weight is 265 g/mol. The molecule has 5 nitrogen and oxygen atoms in total. The molecule has 5 heteroatoms. The molecule has 2 atom stereocenters. The van der Waals surface area contributed by atoms with E-state index in [4.69, 9.17) is 20.3 Å². The maximum atomic E-state index is 10.8. The summed E-state index contributed by atoms with van der Waals surface area (Å²) in [5, 5.41) is 8.85. The topological polar surface area (TPSA) is 81.8 Å². The Balaban J connectivity index is 2.35. The lowest BCUT2D eigenvalue weighted by atomic mass is 10.00. The average Bonchev–Trinajstić information content (AvgIpc) is 2.66. The Bertz CT molecular complexity index is 487. The number of carboxylic acid groups (broad SMARTS) is 1. The van der Waals surface area contributed by atoms with Gasteiger partial charge in [0.25, 0.3) is 0 Å². The van der Waals surface area contributed by atoms with Crippen molar-refractivity contribution in [1.82, 2.24) is 0 Å². The maximum Gasteiger partial charge on any atom is 0.305 e. The highest BCUT2D eigenvalue weighted by atomic mass is 16.5. The number of hydrogen-bond acceptors (Lipinski definition) is 4. The van der Waals surface area contributed by atoms with Gasteiger partial charge in [0.1, 0.15) is 17.6 Å². The number of carboxylic acids is 1. The highest BCUT2D eigenvalue weighted by Gasteiger charge is 2.24. The molecule has 0 aromatic heterocycles. The molecule has 0 saturated heterocycles. The second-order valence-electron chi connectivity index (χ2n) is 4.77. The van der Waals surface area contributed by atoms with Crippen molar-refractivity contribution in [3.8, 4) is 11.5 Å². The van der Waals surface area contributed by atoms with E-state index in [0.717, 1.165) is 17.7 Å². The van der Waals surface area contributed by atoms with Crippen LogP contribution in [-0.2, 0) is 11.2 Å². The van der Waals surface area contributed by atoms with E-state index >= 15 is 0 Å². The van der Waals surface area contributed by atoms with Gasteiger partial charge in [0, 0.05) is 23.6 Å². The van der Waals surface area contributed by atoms with E-state index in [1.54, 1.807) is 0 Å². The Kier molecular flexibility index (Phi) is 3.95. The number of benzene rings is 1. The van der Waals surface area contributed by atoms with Crippen LogP contribution in [0.15, 0.2) is 12.1 Å². The Morgan fingerprint density at radius 2 is 2.37 bits per heavy atom. The van der Waals surface area contributed by atoms with Crippen molar-refractivity contribution in [3.05, 3.63) is 23.3 Å². The van der Waals surface area contributed by atoms with Gasteiger partial charge in [-0.05, 0) is 26.0 Å². The van der Waals surface area contributed by atoms with Crippen LogP contribution in [0.25, 0.3) is 0 Å². The molecular formula is C14H19NO4. The summed E-state index contributed by atoms with van der Waals surface area (Å²) in [7, 11) is 0. The molecule has 1 aromatic carbocycles. The van der Waals surface area contributed by atoms with Crippen molar-refractivity contribution < 1.29 is 19.4 Å². The monoisotopic (exact) mass is 265 g/mol. The summed E-state index contributed by atoms with van der Waals surface area (Å²) >= 11 is 0. The van der Waals surface area contributed by atoms with Crippen molar-refractivity contribution in [2.45, 2.75) is 38.8 Å². The van der Waals surface area contributed by atoms with Gasteiger partial charge in [-0.2, -0.15) is 0 Å². The van der Waals surface area contributed by atoms with Crippen LogP contribution in [0.1, 0.15) is 37.4 Å². The minimum Gasteiger partial charge on any atom is -0.494 e. The minimum atomic E-state index is -0.926. The van der Waals surface area contributed by atoms with E-state index in [1.807, 2.05) is 26.0 Å². The first-order chi connectivity index (χ1) is 9.01. The summed E-state index contributed by atoms with van der Waals surface area (Å²) in [5.74, 6) is 0.518. The first-order valence-corrected chi connectivity index (χ1v) is 6.45. The van der Waals surface area contributed by atoms with E-state index in [-0.39, 0.29) is 12.5 Å². The Morgan fingerprint density at radius 3 is 3.00 bits per heavy atom. The third kappa shape index (κ3) is 2.98. The molecule has 1 aliphatic heterocycles. The lowest BCUT2D eigenvalue weighted by molar-refractivity contribution is -0.137. The van der Waals surface area contributed by atoms with Gasteiger partial charge in [-0.25, -0.2) is 0 Å². The zero-order valence-electron chi connectivity index (χ0n) is 11.2. The van der Waals surface area contributed by atoms with Crippen LogP contribution < -0.4 is 15.2 Å². The standard InChI is InChI=1S/C14H19NO4/c1-3-18-13-5-9-4-8(2)19-12(9)6-10(13)11(15)7-14(16)17/h5-6,8,11H,3-4,7,15H2,1-2H3,(H,16,17)/t8?,11-/m0/s1. The van der Waals surface area contributed by atoms with Gasteiger partial charge in [0.15, 0.2) is 0 Å². The van der Waals surface area contributed by atoms with Crippen LogP contribution in [-0.4, -0.2) is 23.8 Å². The molecule has 104 valence electrons. The zero-order chi connectivity index (χ0) is 14.0. The summed E-state index contributed by atoms with van der Waals surface area (Å²) in [5.41, 5.74) is 7.72. The van der Waals surface area contributed by atoms with E-state index in [9.17, 15) is 4.79 Å². The van der Waals surface area contributed by atoms with Crippen molar-refractivity contribution >= 4 is 5.97 Å². The van der Waals surface area contributed by atoms with Crippen LogP contribution in [0, 0.1) is 0 Å². The molecule has 0 saturated carbocycles. The number of rotatable bonds is 5. The second-order valence-corrected chi connectivity index (χ2v) is 4.77. The van der Waals surface area contributed by atoms with Crippen LogP contribution in [0.2, 0.25) is 0 Å². The number of ether oxygens (including phenoxy) is 2. The highest BCUT2D eigenvalue weighted by molar-refractivity contribution is 5.68. The SMILES string of the molecule is CCOc1cc2c(cc1[C@@H](N)CC(=O)O)OC(C)C2. The Hall–Kier alpha value is -1.75. The Morgan fingerprint density at radius 1 is 1.63 bits per heavy atom. The molecule has 0 fully saturated rings. The highest BCUT2D eigenvalue weighted by Crippen LogP contribution is 2.37. The predicted molar refractivity (Wildman–Crippen MR) is 70.6 cm³/mol. The van der Waals surface area contributed by atoms with Crippen LogP contribution in [0.3, 0.4) is 0 Å². The van der Waals surface area contributed by atoms with Crippen molar-refractivity contribution in [3.63, 3.8) is 0 Å². The minimum absolute atomic E-state index is 0.131. The Labute approximate surface area is 112 Å². The van der Waals surface area contributed by atoms with E-state index in [0.29, 0.717) is 17.9 Å². The molecule has 1 unspecified atom stereocenters. The molecule has 0 aliphatic carbocycles. The van der Waals surface area contributed by atoms with Gasteiger partial charge < -0.3 is 20.3 Å². The second kappa shape index (κ2) is 5.48. The van der Waals surface area contributed by atoms with E-state index in [2.05, 4.69) is 0 Å². The third-order valence-electron chi connectivity index (χ3n) is 3.12. The first kappa shape index (κ1) is 13.7. The number of aliphatic carboxylic acids is 1. The summed E-state index contributed by atoms with van der Waals surface area (Å²) in [6.45, 7) is 4.40. The molecule has 0 spiro atoms. The van der Waals surface area contributed by atoms with Crippen molar-refractivity contribution in [1.29, 1.82) is 0 Å². The number of fused-ring (bicyclic) bond motifs is 1. The van der Waals surface area contributed by atoms with Gasteiger partial charge in [0.2, 0.25) is 0 Å². The first-order valence-electron chi connectivity index (χ1n) is 6.45. The van der Waals surface area contributed by atoms with Gasteiger partial charge in [0.05, 0.1) is 13.0 Å². The van der Waals surface area contributed by atoms with Gasteiger partial charge in [-0.15, -0.1) is 0 Å². The summed E-state index contributed by atoms with van der Waals surface area (Å²) in [6.07, 6.45) is 0.841.